The number of aromatic nitrogens is 2. The zero-order chi connectivity index (χ0) is 40.8. The first-order valence-corrected chi connectivity index (χ1v) is 21.3. The number of aliphatic hydroxyl groups is 1. The molecule has 5 fully saturated rings. The van der Waals surface area contributed by atoms with Crippen molar-refractivity contribution in [2.45, 2.75) is 75.8 Å². The van der Waals surface area contributed by atoms with Crippen LogP contribution in [0, 0.1) is 5.92 Å². The predicted molar refractivity (Wildman–Crippen MR) is 222 cm³/mol. The second kappa shape index (κ2) is 16.5. The number of carbonyl (C=O) groups excluding carboxylic acids is 4. The van der Waals surface area contributed by atoms with Crippen LogP contribution in [0.1, 0.15) is 82.8 Å². The van der Waals surface area contributed by atoms with Gasteiger partial charge in [0.1, 0.15) is 11.9 Å². The quantitative estimate of drug-likeness (QED) is 0.219. The monoisotopic (exact) mass is 805 g/mol. The Morgan fingerprint density at radius 2 is 1.75 bits per heavy atom. The summed E-state index contributed by atoms with van der Waals surface area (Å²) in [5, 5.41) is 16.4. The van der Waals surface area contributed by atoms with Crippen LogP contribution in [0.5, 0.6) is 0 Å². The number of hydrogen-bond acceptors (Lipinski definition) is 13. The lowest BCUT2D eigenvalue weighted by Crippen LogP contribution is -2.52. The fourth-order valence-corrected chi connectivity index (χ4v) is 10.1. The number of piperidine rings is 3. The van der Waals surface area contributed by atoms with Crippen LogP contribution in [0.3, 0.4) is 0 Å². The summed E-state index contributed by atoms with van der Waals surface area (Å²) in [7, 11) is 1.94. The van der Waals surface area contributed by atoms with Crippen LogP contribution in [0.2, 0.25) is 0 Å². The van der Waals surface area contributed by atoms with Gasteiger partial charge in [-0.1, -0.05) is 12.1 Å². The number of benzene rings is 2. The van der Waals surface area contributed by atoms with Gasteiger partial charge in [-0.25, -0.2) is 9.97 Å². The molecular weight excluding hydrogens is 751 g/mol. The number of anilines is 4. The summed E-state index contributed by atoms with van der Waals surface area (Å²) in [4.78, 5) is 71.9. The van der Waals surface area contributed by atoms with Crippen LogP contribution in [0.4, 0.5) is 23.0 Å². The number of aliphatic hydroxyl groups excluding tert-OH is 1. The van der Waals surface area contributed by atoms with Gasteiger partial charge < -0.3 is 35.8 Å². The number of hydrogen-bond donors (Lipinski definition) is 4. The zero-order valence-electron chi connectivity index (χ0n) is 33.8. The van der Waals surface area contributed by atoms with Crippen molar-refractivity contribution < 1.29 is 24.3 Å². The van der Waals surface area contributed by atoms with Gasteiger partial charge in [0.2, 0.25) is 11.8 Å². The fourth-order valence-electron chi connectivity index (χ4n) is 10.1. The molecule has 0 aliphatic carbocycles. The summed E-state index contributed by atoms with van der Waals surface area (Å²) >= 11 is 0. The van der Waals surface area contributed by atoms with E-state index in [0.29, 0.717) is 42.0 Å². The summed E-state index contributed by atoms with van der Waals surface area (Å²) in [6.07, 6.45) is 6.93. The lowest BCUT2D eigenvalue weighted by atomic mass is 9.89. The molecule has 59 heavy (non-hydrogen) atoms. The number of likely N-dealkylation sites (N-methyl/N-ethyl adjacent to an activating group) is 1. The molecule has 3 aromatic rings. The molecule has 6 aliphatic heterocycles. The summed E-state index contributed by atoms with van der Waals surface area (Å²) < 4.78 is 0. The molecule has 16 heteroatoms. The highest BCUT2D eigenvalue weighted by molar-refractivity contribution is 6.05. The Bertz CT molecular complexity index is 2090. The molecule has 5 N–H and O–H groups in total. The van der Waals surface area contributed by atoms with Crippen LogP contribution in [-0.4, -0.2) is 143 Å². The smallest absolute Gasteiger partial charge is 0.271 e. The number of amides is 4. The van der Waals surface area contributed by atoms with Crippen molar-refractivity contribution in [1.29, 1.82) is 0 Å². The molecule has 0 bridgehead atoms. The van der Waals surface area contributed by atoms with Gasteiger partial charge in [-0.3, -0.25) is 34.3 Å². The van der Waals surface area contributed by atoms with E-state index in [-0.39, 0.29) is 35.9 Å². The minimum absolute atomic E-state index is 0.0999. The molecule has 5 saturated heterocycles. The summed E-state index contributed by atoms with van der Waals surface area (Å²) in [5.41, 5.74) is 10.7. The number of carbonyl (C=O) groups is 4. The van der Waals surface area contributed by atoms with Crippen molar-refractivity contribution in [3.8, 4) is 0 Å². The first-order valence-electron chi connectivity index (χ1n) is 21.3. The minimum Gasteiger partial charge on any atom is -0.371 e. The molecule has 0 spiro atoms. The van der Waals surface area contributed by atoms with Gasteiger partial charge in [0.15, 0.2) is 17.9 Å². The lowest BCUT2D eigenvalue weighted by Gasteiger charge is -2.39. The van der Waals surface area contributed by atoms with Crippen LogP contribution in [-0.2, 0) is 16.1 Å². The second-order valence-corrected chi connectivity index (χ2v) is 17.3. The topological polar surface area (TPSA) is 184 Å². The Hall–Kier alpha value is -5.16. The average Bonchev–Trinajstić information content (AvgIpc) is 3.94. The van der Waals surface area contributed by atoms with Gasteiger partial charge in [0.05, 0.1) is 6.20 Å². The molecule has 2 unspecified atom stereocenters. The van der Waals surface area contributed by atoms with Gasteiger partial charge in [-0.15, -0.1) is 0 Å². The molecule has 312 valence electrons. The standard InChI is InChI=1S/C43H55N11O5/c1-49-19-20-53(43(49)59)33-3-2-15-52(26-33)36-22-45-38(39(44)56)40(47-36)46-31-6-4-28(5-7-31)29-13-16-50(17-14-29)23-27-12-18-51(24-27)32-8-9-34-30(21-32)25-54(42(34)58)35-10-11-37(55)48-41(35)57/h4-9,21-22,27,29,33,35,43,59H,2-3,10-20,23-26H2,1H3,(H2,44,56)(H,46,47)(H,48,55,57)/t27-,33-,35?,43?/m1/s1. The molecule has 0 saturated carbocycles. The number of rotatable bonds is 10. The Morgan fingerprint density at radius 3 is 2.49 bits per heavy atom. The number of nitrogens with one attached hydrogen (secondary N) is 2. The van der Waals surface area contributed by atoms with Crippen LogP contribution in [0.15, 0.2) is 48.7 Å². The van der Waals surface area contributed by atoms with Crippen molar-refractivity contribution in [2.24, 2.45) is 11.7 Å². The molecule has 4 amide bonds. The van der Waals surface area contributed by atoms with E-state index in [0.717, 1.165) is 108 Å². The average molecular weight is 806 g/mol. The number of primary amides is 1. The third-order valence-electron chi connectivity index (χ3n) is 13.5. The highest BCUT2D eigenvalue weighted by atomic mass is 16.3. The van der Waals surface area contributed by atoms with E-state index in [1.807, 2.05) is 36.2 Å². The molecule has 4 atom stereocenters. The van der Waals surface area contributed by atoms with E-state index in [4.69, 9.17) is 10.7 Å². The lowest BCUT2D eigenvalue weighted by molar-refractivity contribution is -0.136. The third kappa shape index (κ3) is 8.10. The Kier molecular flexibility index (Phi) is 11.0. The number of nitrogens with two attached hydrogens (primary N) is 1. The highest BCUT2D eigenvalue weighted by Gasteiger charge is 2.40. The van der Waals surface area contributed by atoms with E-state index in [9.17, 15) is 24.3 Å². The second-order valence-electron chi connectivity index (χ2n) is 17.3. The van der Waals surface area contributed by atoms with Crippen LogP contribution in [0.25, 0.3) is 0 Å². The molecule has 16 nitrogen and oxygen atoms in total. The largest absolute Gasteiger partial charge is 0.371 e. The first kappa shape index (κ1) is 39.3. The molecule has 7 heterocycles. The Balaban J connectivity index is 0.763. The maximum atomic E-state index is 13.2. The zero-order valence-corrected chi connectivity index (χ0v) is 33.8. The van der Waals surface area contributed by atoms with Gasteiger partial charge >= 0.3 is 0 Å². The SMILES string of the molecule is CN1CCN([C@@H]2CCCN(c3cnc(C(N)=O)c(Nc4ccc(C5CCN(C[C@H]6CCN(c7ccc8c(c7)CN(C7CCC(=O)NC7=O)C8=O)C6)CC5)cc4)n3)C2)C1O. The number of imide groups is 1. The first-order chi connectivity index (χ1) is 28.6. The summed E-state index contributed by atoms with van der Waals surface area (Å²) in [6, 6.07) is 14.1. The maximum absolute atomic E-state index is 13.2. The van der Waals surface area contributed by atoms with E-state index >= 15 is 0 Å². The molecule has 6 aliphatic rings. The van der Waals surface area contributed by atoms with Crippen molar-refractivity contribution in [3.63, 3.8) is 0 Å². The molecule has 1 aromatic heterocycles. The predicted octanol–water partition coefficient (Wildman–Crippen LogP) is 2.28. The van der Waals surface area contributed by atoms with Crippen molar-refractivity contribution in [1.82, 2.24) is 34.9 Å². The number of nitrogens with zero attached hydrogens (tertiary/aromatic N) is 8. The maximum Gasteiger partial charge on any atom is 0.271 e. The van der Waals surface area contributed by atoms with Gasteiger partial charge in [-0.2, -0.15) is 0 Å². The van der Waals surface area contributed by atoms with Crippen LogP contribution < -0.4 is 26.2 Å². The van der Waals surface area contributed by atoms with E-state index < -0.39 is 18.3 Å². The van der Waals surface area contributed by atoms with Gasteiger partial charge in [0.25, 0.3) is 11.8 Å². The van der Waals surface area contributed by atoms with Gasteiger partial charge in [-0.05, 0) is 112 Å². The molecule has 0 radical (unpaired) electrons. The molecular formula is C43H55N11O5. The van der Waals surface area contributed by atoms with Crippen molar-refractivity contribution >= 4 is 46.6 Å². The van der Waals surface area contributed by atoms with Gasteiger partial charge in [0, 0.05) is 81.8 Å². The normalized spacial score (nSPS) is 26.1. The number of fused-ring (bicyclic) bond motifs is 1. The molecule has 2 aromatic carbocycles. The van der Waals surface area contributed by atoms with Crippen molar-refractivity contribution in [2.75, 3.05) is 81.1 Å². The molecule has 9 rings (SSSR count). The Labute approximate surface area is 344 Å². The Morgan fingerprint density at radius 1 is 0.932 bits per heavy atom. The van der Waals surface area contributed by atoms with E-state index in [1.165, 1.54) is 5.56 Å². The third-order valence-corrected chi connectivity index (χ3v) is 13.5. The van der Waals surface area contributed by atoms with Crippen LogP contribution >= 0.6 is 0 Å². The van der Waals surface area contributed by atoms with E-state index in [1.54, 1.807) is 11.1 Å². The van der Waals surface area contributed by atoms with Crippen molar-refractivity contribution in [3.05, 3.63) is 71.0 Å². The fraction of sp³-hybridized carbons (Fsp3) is 0.535. The minimum atomic E-state index is -0.638. The number of likely N-dealkylation sites (tertiary alicyclic amines) is 1. The van der Waals surface area contributed by atoms with E-state index in [2.05, 4.69) is 53.4 Å². The summed E-state index contributed by atoms with van der Waals surface area (Å²) in [6.45, 7) is 8.70. The highest BCUT2D eigenvalue weighted by Crippen LogP contribution is 2.35. The summed E-state index contributed by atoms with van der Waals surface area (Å²) in [5.74, 6) is 0.619.